The van der Waals surface area contributed by atoms with Crippen LogP contribution in [0.1, 0.15) is 18.1 Å². The zero-order valence-corrected chi connectivity index (χ0v) is 17.6. The van der Waals surface area contributed by atoms with E-state index in [9.17, 15) is 19.7 Å². The summed E-state index contributed by atoms with van der Waals surface area (Å²) >= 11 is 0.881. The van der Waals surface area contributed by atoms with Crippen LogP contribution in [0.5, 0.6) is 11.5 Å². The van der Waals surface area contributed by atoms with Crippen molar-refractivity contribution in [3.63, 3.8) is 0 Å². The van der Waals surface area contributed by atoms with E-state index in [0.717, 1.165) is 22.2 Å². The van der Waals surface area contributed by atoms with Crippen molar-refractivity contribution < 1.29 is 24.0 Å². The average molecular weight is 440 g/mol. The largest absolute Gasteiger partial charge is 0.490 e. The van der Waals surface area contributed by atoms with Gasteiger partial charge in [-0.15, -0.1) is 6.58 Å². The van der Waals surface area contributed by atoms with Crippen LogP contribution in [0.3, 0.4) is 0 Å². The third-order valence-electron chi connectivity index (χ3n) is 4.29. The second-order valence-corrected chi connectivity index (χ2v) is 7.43. The van der Waals surface area contributed by atoms with E-state index in [1.165, 1.54) is 18.2 Å². The highest BCUT2D eigenvalue weighted by molar-refractivity contribution is 8.18. The topological polar surface area (TPSA) is 99.0 Å². The summed E-state index contributed by atoms with van der Waals surface area (Å²) in [6.07, 6.45) is 3.14. The highest BCUT2D eigenvalue weighted by atomic mass is 32.2. The molecule has 9 heteroatoms. The van der Waals surface area contributed by atoms with Gasteiger partial charge in [0.15, 0.2) is 11.5 Å². The minimum Gasteiger partial charge on any atom is -0.490 e. The molecule has 0 N–H and O–H groups in total. The zero-order chi connectivity index (χ0) is 22.4. The minimum atomic E-state index is -0.456. The molecule has 0 aliphatic carbocycles. The number of thioether (sulfide) groups is 1. The van der Waals surface area contributed by atoms with E-state index in [0.29, 0.717) is 28.6 Å². The normalized spacial score (nSPS) is 14.7. The fourth-order valence-corrected chi connectivity index (χ4v) is 3.66. The number of carbonyl (C=O) groups is 2. The third-order valence-corrected chi connectivity index (χ3v) is 5.20. The molecular formula is C22H20N2O6S. The van der Waals surface area contributed by atoms with Crippen LogP contribution in [0.2, 0.25) is 0 Å². The van der Waals surface area contributed by atoms with Gasteiger partial charge in [-0.3, -0.25) is 24.6 Å². The molecule has 1 saturated heterocycles. The average Bonchev–Trinajstić information content (AvgIpc) is 3.01. The summed E-state index contributed by atoms with van der Waals surface area (Å²) in [4.78, 5) is 36.1. The Kier molecular flexibility index (Phi) is 7.09. The Labute approximate surface area is 183 Å². The molecule has 0 radical (unpaired) electrons. The molecule has 0 spiro atoms. The van der Waals surface area contributed by atoms with Gasteiger partial charge in [-0.05, 0) is 60.2 Å². The quantitative estimate of drug-likeness (QED) is 0.239. The zero-order valence-electron chi connectivity index (χ0n) is 16.8. The number of hydrogen-bond donors (Lipinski definition) is 0. The van der Waals surface area contributed by atoms with Crippen molar-refractivity contribution in [1.29, 1.82) is 0 Å². The lowest BCUT2D eigenvalue weighted by Gasteiger charge is -2.13. The monoisotopic (exact) mass is 440 g/mol. The maximum atomic E-state index is 12.4. The van der Waals surface area contributed by atoms with Crippen LogP contribution >= 0.6 is 11.8 Å². The first-order chi connectivity index (χ1) is 14.9. The second-order valence-electron chi connectivity index (χ2n) is 6.43. The van der Waals surface area contributed by atoms with Gasteiger partial charge in [-0.25, -0.2) is 0 Å². The van der Waals surface area contributed by atoms with Crippen LogP contribution < -0.4 is 9.47 Å². The number of imide groups is 1. The molecule has 1 fully saturated rings. The molecule has 2 amide bonds. The fraction of sp³-hybridized carbons (Fsp3) is 0.182. The van der Waals surface area contributed by atoms with Gasteiger partial charge in [0.25, 0.3) is 16.8 Å². The summed E-state index contributed by atoms with van der Waals surface area (Å²) in [5.41, 5.74) is 1.48. The van der Waals surface area contributed by atoms with E-state index in [1.807, 2.05) is 6.92 Å². The molecule has 3 rings (SSSR count). The molecule has 31 heavy (non-hydrogen) atoms. The molecule has 0 bridgehead atoms. The maximum Gasteiger partial charge on any atom is 0.293 e. The molecule has 0 saturated carbocycles. The number of ether oxygens (including phenoxy) is 2. The van der Waals surface area contributed by atoms with Gasteiger partial charge in [-0.1, -0.05) is 12.1 Å². The van der Waals surface area contributed by atoms with Gasteiger partial charge in [0.05, 0.1) is 16.4 Å². The summed E-state index contributed by atoms with van der Waals surface area (Å²) in [7, 11) is 0. The van der Waals surface area contributed by atoms with Crippen LogP contribution in [-0.4, -0.2) is 34.1 Å². The number of carbonyl (C=O) groups excluding carboxylic acids is 2. The lowest BCUT2D eigenvalue weighted by atomic mass is 10.1. The summed E-state index contributed by atoms with van der Waals surface area (Å²) in [6.45, 7) is 6.19. The first kappa shape index (κ1) is 22.1. The number of nitro groups is 1. The van der Waals surface area contributed by atoms with Crippen molar-refractivity contribution >= 4 is 34.7 Å². The predicted molar refractivity (Wildman–Crippen MR) is 118 cm³/mol. The Bertz CT molecular complexity index is 1050. The lowest BCUT2D eigenvalue weighted by Crippen LogP contribution is -2.27. The molecule has 2 aromatic carbocycles. The minimum absolute atomic E-state index is 0.0145. The Morgan fingerprint density at radius 3 is 2.52 bits per heavy atom. The van der Waals surface area contributed by atoms with Crippen molar-refractivity contribution in [1.82, 2.24) is 4.90 Å². The molecule has 0 atom stereocenters. The molecule has 1 heterocycles. The molecule has 8 nitrogen and oxygen atoms in total. The number of nitro benzene ring substituents is 1. The van der Waals surface area contributed by atoms with Gasteiger partial charge in [0.1, 0.15) is 6.61 Å². The predicted octanol–water partition coefficient (Wildman–Crippen LogP) is 4.79. The third kappa shape index (κ3) is 5.32. The summed E-state index contributed by atoms with van der Waals surface area (Å²) in [6, 6.07) is 11.3. The van der Waals surface area contributed by atoms with Crippen molar-refractivity contribution in [3.8, 4) is 11.5 Å². The Balaban J connectivity index is 1.76. The van der Waals surface area contributed by atoms with Crippen molar-refractivity contribution in [2.75, 3.05) is 13.2 Å². The number of nitrogens with zero attached hydrogens (tertiary/aromatic N) is 2. The maximum absolute atomic E-state index is 12.4. The Hall–Kier alpha value is -3.59. The smallest absolute Gasteiger partial charge is 0.293 e. The van der Waals surface area contributed by atoms with Gasteiger partial charge in [0, 0.05) is 18.7 Å². The SMILES string of the molecule is C=CCN1C(=O)S/C(=C/c2ccc(OCc3ccc([N+](=O)[O-])cc3)c(OCC)c2)C1=O. The van der Waals surface area contributed by atoms with E-state index in [1.54, 1.807) is 36.4 Å². The first-order valence-corrected chi connectivity index (χ1v) is 10.2. The Morgan fingerprint density at radius 2 is 1.87 bits per heavy atom. The standard InChI is InChI=1S/C22H20N2O6S/c1-3-11-23-21(25)20(31-22(23)26)13-16-7-10-18(19(12-16)29-4-2)30-14-15-5-8-17(9-6-15)24(27)28/h3,5-10,12-13H,1,4,11,14H2,2H3/b20-13+. The number of non-ortho nitro benzene ring substituents is 1. The van der Waals surface area contributed by atoms with Gasteiger partial charge in [0.2, 0.25) is 0 Å². The molecule has 0 aromatic heterocycles. The van der Waals surface area contributed by atoms with E-state index >= 15 is 0 Å². The van der Waals surface area contributed by atoms with Gasteiger partial charge < -0.3 is 9.47 Å². The summed E-state index contributed by atoms with van der Waals surface area (Å²) in [5, 5.41) is 10.4. The van der Waals surface area contributed by atoms with Gasteiger partial charge in [-0.2, -0.15) is 0 Å². The van der Waals surface area contributed by atoms with E-state index in [-0.39, 0.29) is 30.0 Å². The molecule has 1 aliphatic rings. The van der Waals surface area contributed by atoms with Crippen LogP contribution in [0.15, 0.2) is 60.0 Å². The van der Waals surface area contributed by atoms with Crippen LogP contribution in [0.4, 0.5) is 10.5 Å². The number of hydrogen-bond acceptors (Lipinski definition) is 7. The number of amides is 2. The Morgan fingerprint density at radius 1 is 1.13 bits per heavy atom. The first-order valence-electron chi connectivity index (χ1n) is 9.42. The lowest BCUT2D eigenvalue weighted by molar-refractivity contribution is -0.384. The number of rotatable bonds is 9. The van der Waals surface area contributed by atoms with Crippen molar-refractivity contribution in [2.24, 2.45) is 0 Å². The van der Waals surface area contributed by atoms with E-state index in [2.05, 4.69) is 6.58 Å². The fourth-order valence-electron chi connectivity index (χ4n) is 2.81. The van der Waals surface area contributed by atoms with E-state index < -0.39 is 4.92 Å². The van der Waals surface area contributed by atoms with Crippen molar-refractivity contribution in [2.45, 2.75) is 13.5 Å². The summed E-state index contributed by atoms with van der Waals surface area (Å²) < 4.78 is 11.5. The van der Waals surface area contributed by atoms with E-state index in [4.69, 9.17) is 9.47 Å². The molecular weight excluding hydrogens is 420 g/mol. The molecule has 0 unspecified atom stereocenters. The van der Waals surface area contributed by atoms with Crippen LogP contribution in [-0.2, 0) is 11.4 Å². The molecule has 1 aliphatic heterocycles. The second kappa shape index (κ2) is 9.94. The van der Waals surface area contributed by atoms with Crippen LogP contribution in [0, 0.1) is 10.1 Å². The van der Waals surface area contributed by atoms with Crippen molar-refractivity contribution in [3.05, 3.63) is 81.3 Å². The van der Waals surface area contributed by atoms with Gasteiger partial charge >= 0.3 is 0 Å². The van der Waals surface area contributed by atoms with Crippen LogP contribution in [0.25, 0.3) is 6.08 Å². The molecule has 160 valence electrons. The molecule has 2 aromatic rings. The summed E-state index contributed by atoms with van der Waals surface area (Å²) in [5.74, 6) is 0.631. The number of benzene rings is 2. The highest BCUT2D eigenvalue weighted by Crippen LogP contribution is 2.35. The highest BCUT2D eigenvalue weighted by Gasteiger charge is 2.34.